The highest BCUT2D eigenvalue weighted by atomic mass is 32.1. The second-order valence-corrected chi connectivity index (χ2v) is 6.17. The molecule has 20 heavy (non-hydrogen) atoms. The molecule has 0 saturated carbocycles. The van der Waals surface area contributed by atoms with Gasteiger partial charge in [0.15, 0.2) is 5.13 Å². The molecule has 2 rings (SSSR count). The third kappa shape index (κ3) is 3.44. The Morgan fingerprint density at radius 1 is 1.65 bits per heavy atom. The molecule has 0 aromatic carbocycles. The van der Waals surface area contributed by atoms with Gasteiger partial charge in [-0.15, -0.1) is 0 Å². The maximum absolute atomic E-state index is 11.7. The molecular weight excluding hydrogens is 280 g/mol. The summed E-state index contributed by atoms with van der Waals surface area (Å²) in [6.45, 7) is 5.20. The molecule has 1 aromatic rings. The summed E-state index contributed by atoms with van der Waals surface area (Å²) in [4.78, 5) is 28.1. The number of carbonyl (C=O) groups excluding carboxylic acids is 1. The highest BCUT2D eigenvalue weighted by Gasteiger charge is 2.25. The second kappa shape index (κ2) is 6.17. The molecule has 1 N–H and O–H groups in total. The van der Waals surface area contributed by atoms with Crippen LogP contribution < -0.4 is 10.2 Å². The molecule has 1 aliphatic rings. The third-order valence-corrected chi connectivity index (χ3v) is 4.23. The highest BCUT2D eigenvalue weighted by molar-refractivity contribution is 7.18. The van der Waals surface area contributed by atoms with Gasteiger partial charge < -0.3 is 10.2 Å². The standard InChI is InChI=1S/C12H18N4O3S/c1-8(2)11(17)14-9-4-3-5-15(7-9)12-13-6-10(20-12)16(18)19/h6,8-9H,3-5,7H2,1-2H3,(H,14,17)/t9-/m1/s1. The predicted molar refractivity (Wildman–Crippen MR) is 77.0 cm³/mol. The summed E-state index contributed by atoms with van der Waals surface area (Å²) >= 11 is 1.08. The predicted octanol–water partition coefficient (Wildman–Crippen LogP) is 1.79. The fourth-order valence-electron chi connectivity index (χ4n) is 2.12. The summed E-state index contributed by atoms with van der Waals surface area (Å²) in [5.74, 6) is 0.00768. The SMILES string of the molecule is CC(C)C(=O)N[C@@H]1CCCN(c2ncc([N+](=O)[O-])s2)C1. The topological polar surface area (TPSA) is 88.4 Å². The number of aromatic nitrogens is 1. The van der Waals surface area contributed by atoms with E-state index in [-0.39, 0.29) is 22.9 Å². The number of piperidine rings is 1. The zero-order chi connectivity index (χ0) is 14.7. The second-order valence-electron chi connectivity index (χ2n) is 5.19. The van der Waals surface area contributed by atoms with Crippen molar-refractivity contribution >= 4 is 27.4 Å². The summed E-state index contributed by atoms with van der Waals surface area (Å²) in [5.41, 5.74) is 0. The maximum Gasteiger partial charge on any atom is 0.345 e. The van der Waals surface area contributed by atoms with Crippen LogP contribution in [0.3, 0.4) is 0 Å². The van der Waals surface area contributed by atoms with Gasteiger partial charge in [-0.2, -0.15) is 0 Å². The van der Waals surface area contributed by atoms with Crippen molar-refractivity contribution in [2.45, 2.75) is 32.7 Å². The van der Waals surface area contributed by atoms with Gasteiger partial charge in [-0.25, -0.2) is 4.98 Å². The van der Waals surface area contributed by atoms with Gasteiger partial charge in [0.25, 0.3) is 0 Å². The van der Waals surface area contributed by atoms with E-state index in [9.17, 15) is 14.9 Å². The number of amides is 1. The molecule has 0 spiro atoms. The lowest BCUT2D eigenvalue weighted by Crippen LogP contribution is -2.48. The average molecular weight is 298 g/mol. The molecule has 7 nitrogen and oxygen atoms in total. The van der Waals surface area contributed by atoms with Crippen LogP contribution in [0.15, 0.2) is 6.20 Å². The van der Waals surface area contributed by atoms with Crippen LogP contribution in [0.1, 0.15) is 26.7 Å². The first-order chi connectivity index (χ1) is 9.47. The van der Waals surface area contributed by atoms with Crippen molar-refractivity contribution in [2.75, 3.05) is 18.0 Å². The van der Waals surface area contributed by atoms with Gasteiger partial charge in [-0.3, -0.25) is 14.9 Å². The molecular formula is C12H18N4O3S. The van der Waals surface area contributed by atoms with Gasteiger partial charge in [0.2, 0.25) is 5.91 Å². The van der Waals surface area contributed by atoms with E-state index in [0.29, 0.717) is 11.7 Å². The Morgan fingerprint density at radius 3 is 3.00 bits per heavy atom. The quantitative estimate of drug-likeness (QED) is 0.676. The molecule has 1 amide bonds. The Balaban J connectivity index is 1.99. The van der Waals surface area contributed by atoms with Gasteiger partial charge >= 0.3 is 5.00 Å². The zero-order valence-electron chi connectivity index (χ0n) is 11.5. The summed E-state index contributed by atoms with van der Waals surface area (Å²) in [6.07, 6.45) is 3.16. The van der Waals surface area contributed by atoms with Crippen molar-refractivity contribution in [1.82, 2.24) is 10.3 Å². The lowest BCUT2D eigenvalue weighted by atomic mass is 10.1. The Kier molecular flexibility index (Phi) is 4.53. The van der Waals surface area contributed by atoms with Crippen LogP contribution >= 0.6 is 11.3 Å². The number of hydrogen-bond acceptors (Lipinski definition) is 6. The van der Waals surface area contributed by atoms with Crippen LogP contribution in [-0.2, 0) is 4.79 Å². The van der Waals surface area contributed by atoms with Crippen molar-refractivity contribution < 1.29 is 9.72 Å². The van der Waals surface area contributed by atoms with Crippen LogP contribution in [0, 0.1) is 16.0 Å². The maximum atomic E-state index is 11.7. The summed E-state index contributed by atoms with van der Waals surface area (Å²) in [5, 5.41) is 14.4. The Bertz CT molecular complexity index is 503. The Hall–Kier alpha value is -1.70. The van der Waals surface area contributed by atoms with Crippen molar-refractivity contribution in [2.24, 2.45) is 5.92 Å². The normalized spacial score (nSPS) is 19.1. The third-order valence-electron chi connectivity index (χ3n) is 3.22. The van der Waals surface area contributed by atoms with E-state index in [1.54, 1.807) is 0 Å². The molecule has 1 saturated heterocycles. The lowest BCUT2D eigenvalue weighted by molar-refractivity contribution is -0.380. The van der Waals surface area contributed by atoms with E-state index in [1.807, 2.05) is 18.7 Å². The van der Waals surface area contributed by atoms with E-state index in [4.69, 9.17) is 0 Å². The summed E-state index contributed by atoms with van der Waals surface area (Å²) in [6, 6.07) is 0.0848. The minimum absolute atomic E-state index is 0.0358. The van der Waals surface area contributed by atoms with Gasteiger partial charge in [-0.05, 0) is 24.2 Å². The lowest BCUT2D eigenvalue weighted by Gasteiger charge is -2.33. The van der Waals surface area contributed by atoms with Crippen LogP contribution in [0.2, 0.25) is 0 Å². The number of hydrogen-bond donors (Lipinski definition) is 1. The van der Waals surface area contributed by atoms with Crippen LogP contribution in [0.25, 0.3) is 0 Å². The fourth-order valence-corrected chi connectivity index (χ4v) is 2.89. The highest BCUT2D eigenvalue weighted by Crippen LogP contribution is 2.30. The van der Waals surface area contributed by atoms with E-state index in [1.165, 1.54) is 6.20 Å². The van der Waals surface area contributed by atoms with Crippen molar-refractivity contribution in [3.8, 4) is 0 Å². The number of nitrogens with one attached hydrogen (secondary N) is 1. The van der Waals surface area contributed by atoms with Crippen molar-refractivity contribution in [1.29, 1.82) is 0 Å². The Morgan fingerprint density at radius 2 is 2.40 bits per heavy atom. The van der Waals surface area contributed by atoms with Crippen molar-refractivity contribution in [3.63, 3.8) is 0 Å². The number of carbonyl (C=O) groups is 1. The number of nitrogens with zero attached hydrogens (tertiary/aromatic N) is 3. The molecule has 0 unspecified atom stereocenters. The Labute approximate surface area is 121 Å². The molecule has 2 heterocycles. The molecule has 110 valence electrons. The smallest absolute Gasteiger partial charge is 0.345 e. The van der Waals surface area contributed by atoms with Gasteiger partial charge in [0.05, 0.1) is 4.92 Å². The molecule has 1 aliphatic heterocycles. The van der Waals surface area contributed by atoms with Crippen molar-refractivity contribution in [3.05, 3.63) is 16.3 Å². The number of thiazole rings is 1. The first-order valence-corrected chi connectivity index (χ1v) is 7.44. The number of nitro groups is 1. The summed E-state index contributed by atoms with van der Waals surface area (Å²) in [7, 11) is 0. The number of anilines is 1. The number of rotatable bonds is 4. The molecule has 1 atom stereocenters. The zero-order valence-corrected chi connectivity index (χ0v) is 12.4. The van der Waals surface area contributed by atoms with E-state index < -0.39 is 4.92 Å². The molecule has 0 radical (unpaired) electrons. The molecule has 1 aromatic heterocycles. The van der Waals surface area contributed by atoms with E-state index >= 15 is 0 Å². The first-order valence-electron chi connectivity index (χ1n) is 6.63. The van der Waals surface area contributed by atoms with Crippen LogP contribution in [0.5, 0.6) is 0 Å². The molecule has 8 heteroatoms. The molecule has 0 bridgehead atoms. The monoisotopic (exact) mass is 298 g/mol. The average Bonchev–Trinajstić information content (AvgIpc) is 2.88. The van der Waals surface area contributed by atoms with E-state index in [2.05, 4.69) is 10.3 Å². The van der Waals surface area contributed by atoms with Gasteiger partial charge in [0.1, 0.15) is 6.20 Å². The van der Waals surface area contributed by atoms with Crippen LogP contribution in [0.4, 0.5) is 10.1 Å². The first kappa shape index (κ1) is 14.7. The minimum atomic E-state index is -0.427. The molecule has 0 aliphatic carbocycles. The van der Waals surface area contributed by atoms with Gasteiger partial charge in [-0.1, -0.05) is 13.8 Å². The largest absolute Gasteiger partial charge is 0.351 e. The van der Waals surface area contributed by atoms with E-state index in [0.717, 1.165) is 30.7 Å². The summed E-state index contributed by atoms with van der Waals surface area (Å²) < 4.78 is 0. The van der Waals surface area contributed by atoms with Crippen LogP contribution in [-0.4, -0.2) is 34.9 Å². The molecule has 1 fully saturated rings. The fraction of sp³-hybridized carbons (Fsp3) is 0.667. The minimum Gasteiger partial charge on any atom is -0.351 e. The van der Waals surface area contributed by atoms with Gasteiger partial charge in [0, 0.05) is 25.0 Å².